The van der Waals surface area contributed by atoms with Crippen LogP contribution in [0.3, 0.4) is 0 Å². The lowest BCUT2D eigenvalue weighted by Crippen LogP contribution is -2.38. The number of nitrogens with one attached hydrogen (secondary N) is 1. The van der Waals surface area contributed by atoms with Gasteiger partial charge in [-0.05, 0) is 75.8 Å². The Morgan fingerprint density at radius 2 is 1.02 bits per heavy atom. The molecule has 1 amide bonds. The standard InChI is InChI=1S/C30H39S.C5H9F2NO4S/c1-28(2,3)22-10-16-25(17-11-22)31(26-18-12-23(13-19-26)29(4,5)6)27-20-14-24(15-21-27)30(7,8)9;1-2-3-8-4(9)5(6,7)13-12-11-10/h10-21H,1-9H3;10H,2-3H2,1H3,(H,8,9)/q+1;/p-1. The molecule has 9 heteroatoms. The third kappa shape index (κ3) is 11.2. The molecule has 3 rings (SSSR count). The Kier molecular flexibility index (Phi) is 13.5. The third-order valence-corrected chi connectivity index (χ3v) is 9.58. The maximum absolute atomic E-state index is 12.5. The van der Waals surface area contributed by atoms with Crippen molar-refractivity contribution in [3.8, 4) is 0 Å². The van der Waals surface area contributed by atoms with Gasteiger partial charge in [-0.1, -0.05) is 106 Å². The van der Waals surface area contributed by atoms with Crippen molar-refractivity contribution in [1.29, 1.82) is 0 Å². The molecule has 0 saturated heterocycles. The van der Waals surface area contributed by atoms with E-state index < -0.39 is 23.2 Å². The summed E-state index contributed by atoms with van der Waals surface area (Å²) in [5.74, 6) is -1.52. The van der Waals surface area contributed by atoms with Crippen molar-refractivity contribution in [2.24, 2.45) is 0 Å². The predicted octanol–water partition coefficient (Wildman–Crippen LogP) is 8.65. The van der Waals surface area contributed by atoms with E-state index in [-0.39, 0.29) is 33.7 Å². The lowest BCUT2D eigenvalue weighted by molar-refractivity contribution is -0.777. The Hall–Kier alpha value is -2.43. The molecule has 0 atom stereocenters. The Labute approximate surface area is 269 Å². The van der Waals surface area contributed by atoms with E-state index >= 15 is 0 Å². The summed E-state index contributed by atoms with van der Waals surface area (Å²) in [5.41, 5.74) is 4.64. The third-order valence-electron chi connectivity index (χ3n) is 6.83. The molecule has 3 aromatic rings. The number of amides is 1. The van der Waals surface area contributed by atoms with E-state index in [4.69, 9.17) is 0 Å². The summed E-state index contributed by atoms with van der Waals surface area (Å²) < 4.78 is 28.4. The van der Waals surface area contributed by atoms with Gasteiger partial charge in [0.05, 0.1) is 10.9 Å². The number of hydrogen-bond acceptors (Lipinski definition) is 5. The second kappa shape index (κ2) is 15.7. The van der Waals surface area contributed by atoms with E-state index in [1.165, 1.54) is 31.4 Å². The highest BCUT2D eigenvalue weighted by molar-refractivity contribution is 7.97. The maximum Gasteiger partial charge on any atom is 0.397 e. The minimum Gasteiger partial charge on any atom is -0.691 e. The molecule has 3 aromatic carbocycles. The van der Waals surface area contributed by atoms with Gasteiger partial charge in [-0.15, -0.1) is 0 Å². The number of benzene rings is 3. The van der Waals surface area contributed by atoms with E-state index in [0.717, 1.165) is 0 Å². The van der Waals surface area contributed by atoms with Gasteiger partial charge >= 0.3 is 11.2 Å². The van der Waals surface area contributed by atoms with Crippen LogP contribution in [-0.2, 0) is 41.3 Å². The summed E-state index contributed by atoms with van der Waals surface area (Å²) in [6.45, 7) is 22.3. The van der Waals surface area contributed by atoms with Gasteiger partial charge in [-0.2, -0.15) is 13.1 Å². The van der Waals surface area contributed by atoms with Gasteiger partial charge in [0.25, 0.3) is 0 Å². The summed E-state index contributed by atoms with van der Waals surface area (Å²) in [5, 5.41) is 10.0. The van der Waals surface area contributed by atoms with Gasteiger partial charge in [0.1, 0.15) is 12.0 Å². The quantitative estimate of drug-likeness (QED) is 0.109. The molecular weight excluding hydrogens is 601 g/mol. The zero-order valence-electron chi connectivity index (χ0n) is 27.5. The van der Waals surface area contributed by atoms with Crippen molar-refractivity contribution in [3.63, 3.8) is 0 Å². The molecule has 0 unspecified atom stereocenters. The lowest BCUT2D eigenvalue weighted by Gasteiger charge is -2.21. The average molecular weight is 648 g/mol. The first-order chi connectivity index (χ1) is 20.3. The molecule has 0 aliphatic carbocycles. The summed E-state index contributed by atoms with van der Waals surface area (Å²) in [7, 11) is -0.120. The molecule has 0 bridgehead atoms. The van der Waals surface area contributed by atoms with Crippen LogP contribution in [0.15, 0.2) is 87.5 Å². The van der Waals surface area contributed by atoms with Crippen LogP contribution in [0.25, 0.3) is 0 Å². The minimum absolute atomic E-state index is 0.120. The van der Waals surface area contributed by atoms with Crippen LogP contribution in [0.1, 0.15) is 92.3 Å². The average Bonchev–Trinajstić information content (AvgIpc) is 2.95. The molecule has 5 nitrogen and oxygen atoms in total. The summed E-state index contributed by atoms with van der Waals surface area (Å²) in [6.07, 6.45) is 0.533. The number of hydrogen-bond donors (Lipinski definition) is 1. The summed E-state index contributed by atoms with van der Waals surface area (Å²) >= 11 is -0.643. The van der Waals surface area contributed by atoms with Crippen LogP contribution in [-0.4, -0.2) is 17.7 Å². The van der Waals surface area contributed by atoms with Gasteiger partial charge < -0.3 is 10.6 Å². The Bertz CT molecular complexity index is 1170. The van der Waals surface area contributed by atoms with Gasteiger partial charge in [0.2, 0.25) is 0 Å². The van der Waals surface area contributed by atoms with Gasteiger partial charge in [0.15, 0.2) is 14.7 Å². The largest absolute Gasteiger partial charge is 0.691 e. The van der Waals surface area contributed by atoms with E-state index in [2.05, 4.69) is 144 Å². The molecule has 0 aliphatic rings. The monoisotopic (exact) mass is 647 g/mol. The highest BCUT2D eigenvalue weighted by atomic mass is 32.2. The van der Waals surface area contributed by atoms with Crippen LogP contribution in [0.2, 0.25) is 0 Å². The fourth-order valence-electron chi connectivity index (χ4n) is 4.12. The van der Waals surface area contributed by atoms with Crippen molar-refractivity contribution >= 4 is 28.8 Å². The molecule has 0 spiro atoms. The first-order valence-corrected chi connectivity index (χ1v) is 16.6. The minimum atomic E-state index is -3.82. The highest BCUT2D eigenvalue weighted by Gasteiger charge is 2.41. The topological polar surface area (TPSA) is 70.6 Å². The second-order valence-electron chi connectivity index (χ2n) is 13.6. The predicted molar refractivity (Wildman–Crippen MR) is 176 cm³/mol. The molecule has 0 fully saturated rings. The van der Waals surface area contributed by atoms with Crippen molar-refractivity contribution in [3.05, 3.63) is 89.5 Å². The Morgan fingerprint density at radius 1 is 0.705 bits per heavy atom. The summed E-state index contributed by atoms with van der Waals surface area (Å²) in [4.78, 5) is 14.7. The molecule has 0 aliphatic heterocycles. The molecule has 1 N–H and O–H groups in total. The fraction of sp³-hybridized carbons (Fsp3) is 0.457. The second-order valence-corrected chi connectivity index (χ2v) is 16.5. The lowest BCUT2D eigenvalue weighted by atomic mass is 9.87. The number of carbonyl (C=O) groups excluding carboxylic acids is 1. The molecule has 44 heavy (non-hydrogen) atoms. The van der Waals surface area contributed by atoms with Crippen LogP contribution in [0.4, 0.5) is 8.78 Å². The molecule has 0 aromatic heterocycles. The van der Waals surface area contributed by atoms with Gasteiger partial charge in [0, 0.05) is 6.54 Å². The first kappa shape index (κ1) is 37.8. The van der Waals surface area contributed by atoms with Gasteiger partial charge in [-0.25, -0.2) is 0 Å². The Morgan fingerprint density at radius 3 is 1.27 bits per heavy atom. The summed E-state index contributed by atoms with van der Waals surface area (Å²) in [6, 6.07) is 27.8. The number of rotatable bonds is 9. The smallest absolute Gasteiger partial charge is 0.397 e. The molecule has 242 valence electrons. The normalized spacial score (nSPS) is 12.5. The Balaban J connectivity index is 0.000000439. The highest BCUT2D eigenvalue weighted by Crippen LogP contribution is 2.35. The van der Waals surface area contributed by atoms with E-state index in [9.17, 15) is 18.8 Å². The van der Waals surface area contributed by atoms with Gasteiger partial charge in [-0.3, -0.25) is 9.83 Å². The van der Waals surface area contributed by atoms with Crippen molar-refractivity contribution in [1.82, 2.24) is 5.32 Å². The van der Waals surface area contributed by atoms with Crippen molar-refractivity contribution in [2.45, 2.75) is 112 Å². The molecular formula is C35H47F2NO4S2. The molecule has 0 heterocycles. The number of carbonyl (C=O) groups is 1. The van der Waals surface area contributed by atoms with E-state index in [1.807, 2.05) is 5.32 Å². The van der Waals surface area contributed by atoms with Crippen molar-refractivity contribution in [2.75, 3.05) is 6.54 Å². The first-order valence-electron chi connectivity index (χ1n) is 14.7. The van der Waals surface area contributed by atoms with Crippen LogP contribution in [0.5, 0.6) is 0 Å². The van der Waals surface area contributed by atoms with Crippen LogP contribution >= 0.6 is 12.0 Å². The van der Waals surface area contributed by atoms with E-state index in [1.54, 1.807) is 6.92 Å². The number of halogens is 2. The van der Waals surface area contributed by atoms with Crippen LogP contribution < -0.4 is 10.6 Å². The van der Waals surface area contributed by atoms with E-state index in [0.29, 0.717) is 6.42 Å². The van der Waals surface area contributed by atoms with Crippen LogP contribution in [0, 0.1) is 0 Å². The zero-order chi connectivity index (χ0) is 33.3. The van der Waals surface area contributed by atoms with Crippen molar-refractivity contribution < 1.29 is 28.2 Å². The maximum atomic E-state index is 12.5. The SMILES string of the molecule is CC(C)(C)c1ccc([S+](c2ccc(C(C)(C)C)cc2)c2ccc(C(C)(C)C)cc2)cc1.CCCNC(=O)C(F)(F)SOO[O-]. The zero-order valence-corrected chi connectivity index (χ0v) is 29.2. The number of alkyl halides is 2. The molecule has 0 saturated carbocycles. The fourth-order valence-corrected chi connectivity index (χ4v) is 6.42. The molecule has 0 radical (unpaired) electrons.